The first kappa shape index (κ1) is 18.9. The Balaban J connectivity index is 1.84. The number of esters is 1. The molecule has 4 nitrogen and oxygen atoms in total. The van der Waals surface area contributed by atoms with Gasteiger partial charge in [-0.05, 0) is 79.1 Å². The van der Waals surface area contributed by atoms with Crippen LogP contribution in [0.15, 0.2) is 42.5 Å². The van der Waals surface area contributed by atoms with Crippen molar-refractivity contribution in [2.75, 3.05) is 6.54 Å². The molecule has 0 saturated carbocycles. The molecule has 0 fully saturated rings. The van der Waals surface area contributed by atoms with E-state index in [0.717, 1.165) is 9.99 Å². The highest BCUT2D eigenvalue weighted by atomic mass is 127. The Hall–Kier alpha value is -1.89. The Kier molecular flexibility index (Phi) is 5.37. The standard InChI is InChI=1S/C21H22INO3/c1-21(2,3)26-20(25)15-8-9-18(22)17(12-15)19(24)23-11-10-14-6-4-5-7-16(14)13-23/h4-9,12H,10-11,13H2,1-3H3. The Morgan fingerprint density at radius 2 is 1.77 bits per heavy atom. The first-order valence-corrected chi connectivity index (χ1v) is 9.71. The van der Waals surface area contributed by atoms with Gasteiger partial charge in [0.05, 0.1) is 11.1 Å². The molecule has 1 aliphatic heterocycles. The summed E-state index contributed by atoms with van der Waals surface area (Å²) in [5, 5.41) is 0. The van der Waals surface area contributed by atoms with E-state index in [0.29, 0.717) is 24.2 Å². The number of carbonyl (C=O) groups excluding carboxylic acids is 2. The molecule has 1 aliphatic rings. The summed E-state index contributed by atoms with van der Waals surface area (Å²) in [5.74, 6) is -0.457. The molecular formula is C21H22INO3. The van der Waals surface area contributed by atoms with E-state index in [1.165, 1.54) is 11.1 Å². The van der Waals surface area contributed by atoms with Crippen LogP contribution >= 0.6 is 22.6 Å². The van der Waals surface area contributed by atoms with Crippen LogP contribution in [0.4, 0.5) is 0 Å². The van der Waals surface area contributed by atoms with E-state index >= 15 is 0 Å². The molecule has 0 atom stereocenters. The monoisotopic (exact) mass is 463 g/mol. The number of halogens is 1. The summed E-state index contributed by atoms with van der Waals surface area (Å²) in [4.78, 5) is 27.2. The van der Waals surface area contributed by atoms with Crippen LogP contribution in [0.5, 0.6) is 0 Å². The topological polar surface area (TPSA) is 46.6 Å². The highest BCUT2D eigenvalue weighted by Gasteiger charge is 2.25. The molecule has 2 aromatic rings. The summed E-state index contributed by atoms with van der Waals surface area (Å²) < 4.78 is 6.26. The summed E-state index contributed by atoms with van der Waals surface area (Å²) in [7, 11) is 0. The number of amides is 1. The maximum atomic E-state index is 13.1. The van der Waals surface area contributed by atoms with E-state index in [1.807, 2.05) is 37.8 Å². The fourth-order valence-corrected chi connectivity index (χ4v) is 3.56. The second-order valence-electron chi connectivity index (χ2n) is 7.44. The quantitative estimate of drug-likeness (QED) is 0.489. The lowest BCUT2D eigenvalue weighted by atomic mass is 9.99. The lowest BCUT2D eigenvalue weighted by Crippen LogP contribution is -2.36. The Morgan fingerprint density at radius 3 is 2.46 bits per heavy atom. The third-order valence-electron chi connectivity index (χ3n) is 4.25. The molecule has 0 radical (unpaired) electrons. The number of hydrogen-bond donors (Lipinski definition) is 0. The normalized spacial score (nSPS) is 13.9. The van der Waals surface area contributed by atoms with Gasteiger partial charge in [-0.3, -0.25) is 4.79 Å². The lowest BCUT2D eigenvalue weighted by Gasteiger charge is -2.29. The van der Waals surface area contributed by atoms with Gasteiger partial charge in [0.2, 0.25) is 0 Å². The smallest absolute Gasteiger partial charge is 0.338 e. The van der Waals surface area contributed by atoms with Crippen molar-refractivity contribution in [1.82, 2.24) is 4.90 Å². The molecule has 0 bridgehead atoms. The zero-order valence-corrected chi connectivity index (χ0v) is 17.4. The van der Waals surface area contributed by atoms with Crippen molar-refractivity contribution in [3.63, 3.8) is 0 Å². The van der Waals surface area contributed by atoms with Gasteiger partial charge in [-0.1, -0.05) is 24.3 Å². The van der Waals surface area contributed by atoms with Crippen LogP contribution in [-0.4, -0.2) is 28.9 Å². The molecule has 0 aromatic heterocycles. The SMILES string of the molecule is CC(C)(C)OC(=O)c1ccc(I)c(C(=O)N2CCc3ccccc3C2)c1. The van der Waals surface area contributed by atoms with Gasteiger partial charge >= 0.3 is 5.97 Å². The predicted octanol–water partition coefficient (Wildman–Crippen LogP) is 4.45. The van der Waals surface area contributed by atoms with Crippen molar-refractivity contribution in [1.29, 1.82) is 0 Å². The fourth-order valence-electron chi connectivity index (χ4n) is 2.99. The molecule has 0 unspecified atom stereocenters. The number of carbonyl (C=O) groups is 2. The minimum atomic E-state index is -0.569. The summed E-state index contributed by atoms with van der Waals surface area (Å²) in [6.07, 6.45) is 0.851. The summed E-state index contributed by atoms with van der Waals surface area (Å²) >= 11 is 2.14. The van der Waals surface area contributed by atoms with Crippen LogP contribution in [0.25, 0.3) is 0 Å². The van der Waals surface area contributed by atoms with E-state index in [-0.39, 0.29) is 5.91 Å². The molecular weight excluding hydrogens is 441 g/mol. The highest BCUT2D eigenvalue weighted by molar-refractivity contribution is 14.1. The molecule has 5 heteroatoms. The summed E-state index contributed by atoms with van der Waals surface area (Å²) in [5.41, 5.74) is 2.87. The van der Waals surface area contributed by atoms with Gasteiger partial charge in [0, 0.05) is 16.7 Å². The minimum Gasteiger partial charge on any atom is -0.456 e. The molecule has 1 heterocycles. The molecule has 1 amide bonds. The van der Waals surface area contributed by atoms with Crippen molar-refractivity contribution < 1.29 is 14.3 Å². The number of fused-ring (bicyclic) bond motifs is 1. The molecule has 0 N–H and O–H groups in total. The second-order valence-corrected chi connectivity index (χ2v) is 8.60. The van der Waals surface area contributed by atoms with E-state index in [4.69, 9.17) is 4.74 Å². The largest absolute Gasteiger partial charge is 0.456 e. The molecule has 0 saturated heterocycles. The third-order valence-corrected chi connectivity index (χ3v) is 5.19. The van der Waals surface area contributed by atoms with Gasteiger partial charge in [-0.2, -0.15) is 0 Å². The van der Waals surface area contributed by atoms with Crippen LogP contribution in [0.3, 0.4) is 0 Å². The van der Waals surface area contributed by atoms with Crippen molar-refractivity contribution in [3.05, 3.63) is 68.3 Å². The minimum absolute atomic E-state index is 0.0469. The predicted molar refractivity (Wildman–Crippen MR) is 109 cm³/mol. The Morgan fingerprint density at radius 1 is 1.08 bits per heavy atom. The van der Waals surface area contributed by atoms with Crippen LogP contribution in [-0.2, 0) is 17.7 Å². The Bertz CT molecular complexity index is 855. The van der Waals surface area contributed by atoms with Gasteiger partial charge in [-0.25, -0.2) is 4.79 Å². The van der Waals surface area contributed by atoms with Crippen LogP contribution < -0.4 is 0 Å². The average Bonchev–Trinajstić information content (AvgIpc) is 2.59. The molecule has 136 valence electrons. The van der Waals surface area contributed by atoms with Crippen LogP contribution in [0.1, 0.15) is 52.6 Å². The first-order chi connectivity index (χ1) is 12.2. The maximum absolute atomic E-state index is 13.1. The number of hydrogen-bond acceptors (Lipinski definition) is 3. The van der Waals surface area contributed by atoms with E-state index in [1.54, 1.807) is 18.2 Å². The maximum Gasteiger partial charge on any atom is 0.338 e. The van der Waals surface area contributed by atoms with Crippen LogP contribution in [0.2, 0.25) is 0 Å². The molecule has 0 aliphatic carbocycles. The molecule has 3 rings (SSSR count). The number of benzene rings is 2. The highest BCUT2D eigenvalue weighted by Crippen LogP contribution is 2.23. The van der Waals surface area contributed by atoms with E-state index in [9.17, 15) is 9.59 Å². The van der Waals surface area contributed by atoms with Gasteiger partial charge < -0.3 is 9.64 Å². The number of ether oxygens (including phenoxy) is 1. The zero-order chi connectivity index (χ0) is 18.9. The lowest BCUT2D eigenvalue weighted by molar-refractivity contribution is 0.00695. The van der Waals surface area contributed by atoms with Crippen molar-refractivity contribution >= 4 is 34.5 Å². The van der Waals surface area contributed by atoms with E-state index < -0.39 is 11.6 Å². The van der Waals surface area contributed by atoms with E-state index in [2.05, 4.69) is 34.7 Å². The summed E-state index contributed by atoms with van der Waals surface area (Å²) in [6, 6.07) is 13.4. The second kappa shape index (κ2) is 7.39. The fraction of sp³-hybridized carbons (Fsp3) is 0.333. The Labute approximate surface area is 167 Å². The number of rotatable bonds is 2. The van der Waals surface area contributed by atoms with Gasteiger partial charge in [0.25, 0.3) is 5.91 Å². The van der Waals surface area contributed by atoms with Gasteiger partial charge in [0.15, 0.2) is 0 Å². The van der Waals surface area contributed by atoms with Gasteiger partial charge in [0.1, 0.15) is 5.60 Å². The third kappa shape index (κ3) is 4.26. The molecule has 0 spiro atoms. The van der Waals surface area contributed by atoms with Crippen molar-refractivity contribution in [2.45, 2.75) is 39.3 Å². The molecule has 2 aromatic carbocycles. The zero-order valence-electron chi connectivity index (χ0n) is 15.2. The van der Waals surface area contributed by atoms with Crippen molar-refractivity contribution in [3.8, 4) is 0 Å². The van der Waals surface area contributed by atoms with Crippen LogP contribution in [0, 0.1) is 3.57 Å². The average molecular weight is 463 g/mol. The molecule has 26 heavy (non-hydrogen) atoms. The summed E-state index contributed by atoms with van der Waals surface area (Å²) in [6.45, 7) is 6.77. The first-order valence-electron chi connectivity index (χ1n) is 8.63. The van der Waals surface area contributed by atoms with Gasteiger partial charge in [-0.15, -0.1) is 0 Å². The number of nitrogens with zero attached hydrogens (tertiary/aromatic N) is 1. The van der Waals surface area contributed by atoms with Crippen molar-refractivity contribution in [2.24, 2.45) is 0 Å².